The average molecular weight is 386 g/mol. The van der Waals surface area contributed by atoms with Gasteiger partial charge in [-0.05, 0) is 30.2 Å². The van der Waals surface area contributed by atoms with E-state index in [2.05, 4.69) is 5.32 Å². The van der Waals surface area contributed by atoms with Crippen molar-refractivity contribution in [1.29, 1.82) is 0 Å². The molecule has 0 fully saturated rings. The number of fused-ring (bicyclic) bond motifs is 1. The molecule has 0 aromatic heterocycles. The van der Waals surface area contributed by atoms with Crippen molar-refractivity contribution in [3.63, 3.8) is 0 Å². The van der Waals surface area contributed by atoms with Gasteiger partial charge in [-0.3, -0.25) is 14.9 Å². The summed E-state index contributed by atoms with van der Waals surface area (Å²) in [5.74, 6) is -0.745. The zero-order valence-electron chi connectivity index (χ0n) is 15.0. The highest BCUT2D eigenvalue weighted by Crippen LogP contribution is 2.33. The van der Waals surface area contributed by atoms with Crippen LogP contribution in [0.25, 0.3) is 0 Å². The summed E-state index contributed by atoms with van der Waals surface area (Å²) < 4.78 is 11.0. The molecule has 1 aliphatic rings. The first-order valence-electron chi connectivity index (χ1n) is 8.62. The maximum atomic E-state index is 12.6. The minimum absolute atomic E-state index is 0.0948. The van der Waals surface area contributed by atoms with E-state index in [0.29, 0.717) is 31.1 Å². The second-order valence-electron chi connectivity index (χ2n) is 6.17. The lowest BCUT2D eigenvalue weighted by atomic mass is 10.0. The van der Waals surface area contributed by atoms with Gasteiger partial charge in [-0.2, -0.15) is 0 Å². The third kappa shape index (κ3) is 4.03. The van der Waals surface area contributed by atoms with Crippen molar-refractivity contribution in [2.45, 2.75) is 19.4 Å². The molecule has 0 spiro atoms. The van der Waals surface area contributed by atoms with Gasteiger partial charge in [0.2, 0.25) is 0 Å². The van der Waals surface area contributed by atoms with Crippen LogP contribution >= 0.6 is 0 Å². The quantitative estimate of drug-likeness (QED) is 0.577. The van der Waals surface area contributed by atoms with Crippen LogP contribution in [-0.4, -0.2) is 35.1 Å². The summed E-state index contributed by atoms with van der Waals surface area (Å²) in [5.41, 5.74) is -0.101. The van der Waals surface area contributed by atoms with E-state index in [-0.39, 0.29) is 11.1 Å². The summed E-state index contributed by atoms with van der Waals surface area (Å²) in [4.78, 5) is 34.2. The summed E-state index contributed by atoms with van der Waals surface area (Å²) in [5, 5.41) is 23.0. The summed E-state index contributed by atoms with van der Waals surface area (Å²) in [6, 6.07) is 8.03. The number of carboxylic acid groups (broad SMARTS) is 1. The molecule has 146 valence electrons. The first kappa shape index (κ1) is 19.2. The molecule has 2 N–H and O–H groups in total. The van der Waals surface area contributed by atoms with Crippen LogP contribution in [0, 0.1) is 10.1 Å². The molecule has 3 rings (SSSR count). The van der Waals surface area contributed by atoms with Gasteiger partial charge in [0.1, 0.15) is 13.2 Å². The van der Waals surface area contributed by atoms with Crippen LogP contribution in [-0.2, 0) is 0 Å². The maximum Gasteiger partial charge on any atom is 0.335 e. The maximum absolute atomic E-state index is 12.6. The Hall–Kier alpha value is -3.62. The molecule has 9 heteroatoms. The fourth-order valence-corrected chi connectivity index (χ4v) is 2.91. The number of nitro benzene ring substituents is 1. The third-order valence-electron chi connectivity index (χ3n) is 4.32. The van der Waals surface area contributed by atoms with E-state index in [1.807, 2.05) is 6.92 Å². The minimum atomic E-state index is -1.35. The number of carboxylic acids is 1. The number of carbonyl (C=O) groups is 2. The standard InChI is InChI=1S/C19H18N2O7/c1-2-15(11-3-4-16-17(10-11)28-6-5-27-16)20-18(22)12-7-13(19(23)24)9-14(8-12)21(25)26/h3-4,7-10,15H,2,5-6H2,1H3,(H,20,22)(H,23,24). The second-order valence-corrected chi connectivity index (χ2v) is 6.17. The highest BCUT2D eigenvalue weighted by Gasteiger charge is 2.21. The zero-order chi connectivity index (χ0) is 20.3. The monoisotopic (exact) mass is 386 g/mol. The van der Waals surface area contributed by atoms with Crippen LogP contribution in [0.4, 0.5) is 5.69 Å². The average Bonchev–Trinajstić information content (AvgIpc) is 2.71. The molecule has 0 bridgehead atoms. The lowest BCUT2D eigenvalue weighted by Crippen LogP contribution is -2.28. The van der Waals surface area contributed by atoms with E-state index >= 15 is 0 Å². The van der Waals surface area contributed by atoms with Gasteiger partial charge >= 0.3 is 5.97 Å². The molecular weight excluding hydrogens is 368 g/mol. The van der Waals surface area contributed by atoms with E-state index in [1.54, 1.807) is 18.2 Å². The molecule has 1 aliphatic heterocycles. The Balaban J connectivity index is 1.86. The number of carbonyl (C=O) groups excluding carboxylic acids is 1. The zero-order valence-corrected chi connectivity index (χ0v) is 15.0. The first-order valence-corrected chi connectivity index (χ1v) is 8.62. The van der Waals surface area contributed by atoms with E-state index in [0.717, 1.165) is 23.8 Å². The van der Waals surface area contributed by atoms with Crippen molar-refractivity contribution < 1.29 is 29.1 Å². The minimum Gasteiger partial charge on any atom is -0.486 e. The van der Waals surface area contributed by atoms with Crippen LogP contribution in [0.2, 0.25) is 0 Å². The molecule has 2 aromatic carbocycles. The van der Waals surface area contributed by atoms with Crippen molar-refractivity contribution in [3.05, 3.63) is 63.2 Å². The largest absolute Gasteiger partial charge is 0.486 e. The smallest absolute Gasteiger partial charge is 0.335 e. The number of nitrogens with zero attached hydrogens (tertiary/aromatic N) is 1. The van der Waals surface area contributed by atoms with Crippen molar-refractivity contribution >= 4 is 17.6 Å². The van der Waals surface area contributed by atoms with E-state index in [4.69, 9.17) is 14.6 Å². The fourth-order valence-electron chi connectivity index (χ4n) is 2.91. The van der Waals surface area contributed by atoms with Gasteiger partial charge < -0.3 is 19.9 Å². The molecule has 0 aliphatic carbocycles. The molecule has 28 heavy (non-hydrogen) atoms. The molecule has 1 atom stereocenters. The number of amides is 1. The molecule has 0 saturated heterocycles. The Morgan fingerprint density at radius 3 is 2.46 bits per heavy atom. The fraction of sp³-hybridized carbons (Fsp3) is 0.263. The van der Waals surface area contributed by atoms with Crippen LogP contribution in [0.1, 0.15) is 45.7 Å². The van der Waals surface area contributed by atoms with Gasteiger partial charge in [0.05, 0.1) is 16.5 Å². The second kappa shape index (κ2) is 7.95. The van der Waals surface area contributed by atoms with E-state index < -0.39 is 28.5 Å². The molecule has 1 heterocycles. The molecule has 0 saturated carbocycles. The Bertz CT molecular complexity index is 910. The Kier molecular flexibility index (Phi) is 5.44. The number of hydrogen-bond acceptors (Lipinski definition) is 6. The Morgan fingerprint density at radius 1 is 1.14 bits per heavy atom. The molecular formula is C19H18N2O7. The summed E-state index contributed by atoms with van der Waals surface area (Å²) in [7, 11) is 0. The van der Waals surface area contributed by atoms with Crippen LogP contribution < -0.4 is 14.8 Å². The highest BCUT2D eigenvalue weighted by atomic mass is 16.6. The Morgan fingerprint density at radius 2 is 1.82 bits per heavy atom. The number of rotatable bonds is 6. The number of nitro groups is 1. The molecule has 1 amide bonds. The van der Waals surface area contributed by atoms with Gasteiger partial charge in [-0.15, -0.1) is 0 Å². The van der Waals surface area contributed by atoms with E-state index in [9.17, 15) is 19.7 Å². The third-order valence-corrected chi connectivity index (χ3v) is 4.32. The predicted octanol–water partition coefficient (Wildman–Crippen LogP) is 2.95. The van der Waals surface area contributed by atoms with Gasteiger partial charge in [-0.25, -0.2) is 4.79 Å². The van der Waals surface area contributed by atoms with Gasteiger partial charge in [0, 0.05) is 17.7 Å². The SMILES string of the molecule is CCC(NC(=O)c1cc(C(=O)O)cc([N+](=O)[O-])c1)c1ccc2c(c1)OCCO2. The topological polar surface area (TPSA) is 128 Å². The summed E-state index contributed by atoms with van der Waals surface area (Å²) >= 11 is 0. The lowest BCUT2D eigenvalue weighted by molar-refractivity contribution is -0.384. The summed E-state index contributed by atoms with van der Waals surface area (Å²) in [6.45, 7) is 2.78. The lowest BCUT2D eigenvalue weighted by Gasteiger charge is -2.22. The van der Waals surface area contributed by atoms with Crippen LogP contribution in [0.3, 0.4) is 0 Å². The number of hydrogen-bond donors (Lipinski definition) is 2. The molecule has 9 nitrogen and oxygen atoms in total. The van der Waals surface area contributed by atoms with Gasteiger partial charge in [-0.1, -0.05) is 13.0 Å². The highest BCUT2D eigenvalue weighted by molar-refractivity contribution is 5.98. The van der Waals surface area contributed by atoms with Gasteiger partial charge in [0.15, 0.2) is 11.5 Å². The van der Waals surface area contributed by atoms with Crippen molar-refractivity contribution in [3.8, 4) is 11.5 Å². The van der Waals surface area contributed by atoms with Crippen LogP contribution in [0.5, 0.6) is 11.5 Å². The van der Waals surface area contributed by atoms with Crippen molar-refractivity contribution in [1.82, 2.24) is 5.32 Å². The Labute approximate surface area is 160 Å². The van der Waals surface area contributed by atoms with Crippen molar-refractivity contribution in [2.75, 3.05) is 13.2 Å². The normalized spacial score (nSPS) is 13.5. The molecule has 0 radical (unpaired) electrons. The number of benzene rings is 2. The number of ether oxygens (including phenoxy) is 2. The molecule has 2 aromatic rings. The molecule has 1 unspecified atom stereocenters. The summed E-state index contributed by atoms with van der Waals surface area (Å²) in [6.07, 6.45) is 0.548. The van der Waals surface area contributed by atoms with Gasteiger partial charge in [0.25, 0.3) is 11.6 Å². The number of aromatic carboxylic acids is 1. The predicted molar refractivity (Wildman–Crippen MR) is 98.0 cm³/mol. The van der Waals surface area contributed by atoms with E-state index in [1.165, 1.54) is 0 Å². The first-order chi connectivity index (χ1) is 13.4. The number of nitrogens with one attached hydrogen (secondary N) is 1. The number of non-ortho nitro benzene ring substituents is 1. The van der Waals surface area contributed by atoms with Crippen molar-refractivity contribution in [2.24, 2.45) is 0 Å². The van der Waals surface area contributed by atoms with Crippen LogP contribution in [0.15, 0.2) is 36.4 Å².